The van der Waals surface area contributed by atoms with E-state index in [1.807, 2.05) is 27.0 Å². The first-order valence-corrected chi connectivity index (χ1v) is 5.89. The van der Waals surface area contributed by atoms with Crippen LogP contribution in [0.3, 0.4) is 0 Å². The highest BCUT2D eigenvalue weighted by Gasteiger charge is 2.23. The normalized spacial score (nSPS) is 11.4. The lowest BCUT2D eigenvalue weighted by atomic mass is 10.2. The zero-order valence-electron chi connectivity index (χ0n) is 8.43. The molecule has 1 N–H and O–H groups in total. The molecule has 78 valence electrons. The van der Waals surface area contributed by atoms with E-state index in [4.69, 9.17) is 0 Å². The summed E-state index contributed by atoms with van der Waals surface area (Å²) in [5.74, 6) is -0.0228. The van der Waals surface area contributed by atoms with Crippen molar-refractivity contribution >= 4 is 33.2 Å². The Hall–Kier alpha value is -0.420. The summed E-state index contributed by atoms with van der Waals surface area (Å²) in [7, 11) is 0. The molecule has 1 rings (SSSR count). The van der Waals surface area contributed by atoms with Crippen molar-refractivity contribution in [2.24, 2.45) is 0 Å². The number of alkyl halides is 1. The van der Waals surface area contributed by atoms with Crippen LogP contribution in [0, 0.1) is 6.92 Å². The molecule has 0 atom stereocenters. The van der Waals surface area contributed by atoms with Crippen LogP contribution < -0.4 is 5.32 Å². The summed E-state index contributed by atoms with van der Waals surface area (Å²) in [6.45, 7) is 6.13. The molecule has 0 spiro atoms. The molecule has 3 nitrogen and oxygen atoms in total. The molecule has 0 fully saturated rings. The van der Waals surface area contributed by atoms with Crippen LogP contribution in [0.15, 0.2) is 6.20 Å². The van der Waals surface area contributed by atoms with Gasteiger partial charge in [0.25, 0.3) is 0 Å². The van der Waals surface area contributed by atoms with Crippen molar-refractivity contribution in [1.82, 2.24) is 10.3 Å². The van der Waals surface area contributed by atoms with E-state index in [2.05, 4.69) is 26.2 Å². The van der Waals surface area contributed by atoms with Crippen molar-refractivity contribution < 1.29 is 4.79 Å². The fraction of sp³-hybridized carbons (Fsp3) is 0.556. The Balaban J connectivity index is 2.46. The molecule has 1 heterocycles. The molecular weight excluding hydrogens is 264 g/mol. The third kappa shape index (κ3) is 3.38. The minimum Gasteiger partial charge on any atom is -0.348 e. The van der Waals surface area contributed by atoms with E-state index in [1.165, 1.54) is 0 Å². The average Bonchev–Trinajstić information content (AvgIpc) is 2.45. The summed E-state index contributed by atoms with van der Waals surface area (Å²) in [6.07, 6.45) is 1.81. The molecule has 0 aliphatic rings. The highest BCUT2D eigenvalue weighted by molar-refractivity contribution is 9.10. The number of amides is 1. The number of hydrogen-bond acceptors (Lipinski definition) is 3. The zero-order chi connectivity index (χ0) is 10.8. The Bertz CT molecular complexity index is 330. The third-order valence-corrected chi connectivity index (χ3v) is 2.88. The van der Waals surface area contributed by atoms with Gasteiger partial charge in [-0.25, -0.2) is 4.98 Å². The van der Waals surface area contributed by atoms with Gasteiger partial charge in [0, 0.05) is 11.1 Å². The van der Waals surface area contributed by atoms with E-state index in [0.29, 0.717) is 6.54 Å². The smallest absolute Gasteiger partial charge is 0.236 e. The maximum Gasteiger partial charge on any atom is 0.236 e. The predicted molar refractivity (Wildman–Crippen MR) is 61.7 cm³/mol. The summed E-state index contributed by atoms with van der Waals surface area (Å²) in [5.41, 5.74) is 0. The summed E-state index contributed by atoms with van der Waals surface area (Å²) >= 11 is 4.89. The second-order valence-corrected chi connectivity index (χ2v) is 6.82. The van der Waals surface area contributed by atoms with Gasteiger partial charge in [0.05, 0.1) is 10.9 Å². The quantitative estimate of drug-likeness (QED) is 0.861. The Labute approximate surface area is 96.1 Å². The lowest BCUT2D eigenvalue weighted by molar-refractivity contribution is -0.122. The maximum absolute atomic E-state index is 11.5. The van der Waals surface area contributed by atoms with Gasteiger partial charge in [-0.2, -0.15) is 0 Å². The fourth-order valence-corrected chi connectivity index (χ4v) is 1.72. The second kappa shape index (κ2) is 4.40. The maximum atomic E-state index is 11.5. The van der Waals surface area contributed by atoms with E-state index >= 15 is 0 Å². The van der Waals surface area contributed by atoms with Crippen LogP contribution in [0.25, 0.3) is 0 Å². The van der Waals surface area contributed by atoms with Crippen LogP contribution in [0.4, 0.5) is 0 Å². The minimum atomic E-state index is -0.515. The first-order chi connectivity index (χ1) is 6.39. The lowest BCUT2D eigenvalue weighted by Crippen LogP contribution is -2.36. The molecule has 0 aliphatic carbocycles. The summed E-state index contributed by atoms with van der Waals surface area (Å²) < 4.78 is -0.515. The van der Waals surface area contributed by atoms with Crippen LogP contribution in [0.2, 0.25) is 0 Å². The van der Waals surface area contributed by atoms with E-state index < -0.39 is 4.32 Å². The average molecular weight is 277 g/mol. The molecule has 5 heteroatoms. The van der Waals surface area contributed by atoms with Crippen molar-refractivity contribution in [3.05, 3.63) is 16.1 Å². The number of carbonyl (C=O) groups excluding carboxylic acids is 1. The number of nitrogens with zero attached hydrogens (tertiary/aromatic N) is 1. The molecule has 0 saturated heterocycles. The van der Waals surface area contributed by atoms with Gasteiger partial charge in [0.1, 0.15) is 5.01 Å². The summed E-state index contributed by atoms with van der Waals surface area (Å²) in [5, 5.41) is 3.75. The number of aromatic nitrogens is 1. The molecule has 0 aromatic carbocycles. The molecule has 0 unspecified atom stereocenters. The van der Waals surface area contributed by atoms with Crippen LogP contribution in [-0.2, 0) is 11.3 Å². The SMILES string of the molecule is Cc1cnc(CNC(=O)C(C)(C)Br)s1. The number of carbonyl (C=O) groups is 1. The van der Waals surface area contributed by atoms with Gasteiger partial charge >= 0.3 is 0 Å². The molecule has 14 heavy (non-hydrogen) atoms. The van der Waals surface area contributed by atoms with Crippen LogP contribution in [-0.4, -0.2) is 15.2 Å². The van der Waals surface area contributed by atoms with Gasteiger partial charge in [-0.1, -0.05) is 15.9 Å². The van der Waals surface area contributed by atoms with E-state index in [1.54, 1.807) is 11.3 Å². The topological polar surface area (TPSA) is 42.0 Å². The van der Waals surface area contributed by atoms with Crippen LogP contribution >= 0.6 is 27.3 Å². The van der Waals surface area contributed by atoms with Gasteiger partial charge in [0.15, 0.2) is 0 Å². The Morgan fingerprint density at radius 1 is 1.71 bits per heavy atom. The summed E-state index contributed by atoms with van der Waals surface area (Å²) in [6, 6.07) is 0. The zero-order valence-corrected chi connectivity index (χ0v) is 10.8. The Kier molecular flexibility index (Phi) is 3.66. The molecule has 0 radical (unpaired) electrons. The standard InChI is InChI=1S/C9H13BrN2OS/c1-6-4-11-7(14-6)5-12-8(13)9(2,3)10/h4H,5H2,1-3H3,(H,12,13). The van der Waals surface area contributed by atoms with Gasteiger partial charge in [0.2, 0.25) is 5.91 Å². The fourth-order valence-electron chi connectivity index (χ4n) is 0.849. The molecular formula is C9H13BrN2OS. The van der Waals surface area contributed by atoms with E-state index in [9.17, 15) is 4.79 Å². The predicted octanol–water partition coefficient (Wildman–Crippen LogP) is 2.24. The first kappa shape index (κ1) is 11.7. The largest absolute Gasteiger partial charge is 0.348 e. The molecule has 0 saturated carbocycles. The Morgan fingerprint density at radius 3 is 2.79 bits per heavy atom. The highest BCUT2D eigenvalue weighted by atomic mass is 79.9. The molecule has 1 aromatic heterocycles. The van der Waals surface area contributed by atoms with Gasteiger partial charge in [-0.15, -0.1) is 11.3 Å². The Morgan fingerprint density at radius 2 is 2.36 bits per heavy atom. The monoisotopic (exact) mass is 276 g/mol. The summed E-state index contributed by atoms with van der Waals surface area (Å²) in [4.78, 5) is 16.8. The van der Waals surface area contributed by atoms with Gasteiger partial charge in [-0.05, 0) is 20.8 Å². The number of aryl methyl sites for hydroxylation is 1. The van der Waals surface area contributed by atoms with Crippen molar-refractivity contribution in [2.75, 3.05) is 0 Å². The number of nitrogens with one attached hydrogen (secondary N) is 1. The number of halogens is 1. The molecule has 1 aromatic rings. The molecule has 0 bridgehead atoms. The second-order valence-electron chi connectivity index (χ2n) is 3.52. The van der Waals surface area contributed by atoms with Crippen molar-refractivity contribution in [3.8, 4) is 0 Å². The van der Waals surface area contributed by atoms with Crippen molar-refractivity contribution in [1.29, 1.82) is 0 Å². The lowest BCUT2D eigenvalue weighted by Gasteiger charge is -2.14. The van der Waals surface area contributed by atoms with Crippen LogP contribution in [0.5, 0.6) is 0 Å². The number of rotatable bonds is 3. The highest BCUT2D eigenvalue weighted by Crippen LogP contribution is 2.16. The van der Waals surface area contributed by atoms with Crippen molar-refractivity contribution in [2.45, 2.75) is 31.6 Å². The van der Waals surface area contributed by atoms with Crippen molar-refractivity contribution in [3.63, 3.8) is 0 Å². The van der Waals surface area contributed by atoms with E-state index in [-0.39, 0.29) is 5.91 Å². The third-order valence-electron chi connectivity index (χ3n) is 1.61. The van der Waals surface area contributed by atoms with E-state index in [0.717, 1.165) is 9.88 Å². The number of hydrogen-bond donors (Lipinski definition) is 1. The molecule has 1 amide bonds. The number of thiazole rings is 1. The van der Waals surface area contributed by atoms with Crippen LogP contribution in [0.1, 0.15) is 23.7 Å². The van der Waals surface area contributed by atoms with Gasteiger partial charge in [-0.3, -0.25) is 4.79 Å². The molecule has 0 aliphatic heterocycles. The van der Waals surface area contributed by atoms with Gasteiger partial charge < -0.3 is 5.32 Å². The first-order valence-electron chi connectivity index (χ1n) is 4.28. The minimum absolute atomic E-state index is 0.0228.